The molecule has 1 amide bonds. The van der Waals surface area contributed by atoms with Gasteiger partial charge in [0.2, 0.25) is 5.91 Å². The molecule has 1 N–H and O–H groups in total. The summed E-state index contributed by atoms with van der Waals surface area (Å²) in [7, 11) is 1.62. The first kappa shape index (κ1) is 22.3. The van der Waals surface area contributed by atoms with Crippen LogP contribution in [-0.2, 0) is 11.3 Å². The van der Waals surface area contributed by atoms with E-state index in [0.29, 0.717) is 22.1 Å². The highest BCUT2D eigenvalue weighted by atomic mass is 79.9. The molecular formula is C21H22BrFN4O2S. The Morgan fingerprint density at radius 3 is 2.60 bits per heavy atom. The predicted molar refractivity (Wildman–Crippen MR) is 120 cm³/mol. The van der Waals surface area contributed by atoms with E-state index in [9.17, 15) is 9.18 Å². The summed E-state index contributed by atoms with van der Waals surface area (Å²) in [6.07, 6.45) is 0. The van der Waals surface area contributed by atoms with Gasteiger partial charge in [0.1, 0.15) is 11.6 Å². The summed E-state index contributed by atoms with van der Waals surface area (Å²) in [6, 6.07) is 12.1. The predicted octanol–water partition coefficient (Wildman–Crippen LogP) is 5.24. The molecule has 158 valence electrons. The van der Waals surface area contributed by atoms with E-state index in [4.69, 9.17) is 4.74 Å². The minimum Gasteiger partial charge on any atom is -0.497 e. The van der Waals surface area contributed by atoms with Crippen molar-refractivity contribution in [3.8, 4) is 17.1 Å². The lowest BCUT2D eigenvalue weighted by Crippen LogP contribution is -2.16. The second-order valence-electron chi connectivity index (χ2n) is 7.00. The van der Waals surface area contributed by atoms with E-state index < -0.39 is 5.82 Å². The molecule has 2 aromatic carbocycles. The maximum absolute atomic E-state index is 13.9. The van der Waals surface area contributed by atoms with Gasteiger partial charge in [-0.05, 0) is 48.4 Å². The highest BCUT2D eigenvalue weighted by molar-refractivity contribution is 9.10. The summed E-state index contributed by atoms with van der Waals surface area (Å²) < 4.78 is 21.8. The molecule has 3 rings (SSSR count). The number of nitrogens with one attached hydrogen (secondary N) is 1. The first-order valence-corrected chi connectivity index (χ1v) is 11.1. The lowest BCUT2D eigenvalue weighted by atomic mass is 10.2. The van der Waals surface area contributed by atoms with Crippen molar-refractivity contribution in [2.24, 2.45) is 5.92 Å². The summed E-state index contributed by atoms with van der Waals surface area (Å²) in [6.45, 7) is 4.92. The number of rotatable bonds is 8. The molecular weight excluding hydrogens is 471 g/mol. The van der Waals surface area contributed by atoms with E-state index in [0.717, 1.165) is 17.1 Å². The third kappa shape index (κ3) is 5.60. The zero-order valence-electron chi connectivity index (χ0n) is 16.9. The largest absolute Gasteiger partial charge is 0.497 e. The summed E-state index contributed by atoms with van der Waals surface area (Å²) >= 11 is 4.47. The van der Waals surface area contributed by atoms with Crippen molar-refractivity contribution >= 4 is 39.3 Å². The number of amides is 1. The minimum atomic E-state index is -0.493. The fourth-order valence-electron chi connectivity index (χ4n) is 2.79. The van der Waals surface area contributed by atoms with Crippen LogP contribution in [0.5, 0.6) is 5.75 Å². The van der Waals surface area contributed by atoms with Gasteiger partial charge in [-0.2, -0.15) is 0 Å². The van der Waals surface area contributed by atoms with E-state index in [-0.39, 0.29) is 17.3 Å². The lowest BCUT2D eigenvalue weighted by molar-refractivity contribution is -0.113. The van der Waals surface area contributed by atoms with Crippen molar-refractivity contribution in [3.63, 3.8) is 0 Å². The van der Waals surface area contributed by atoms with Gasteiger partial charge in [-0.25, -0.2) is 4.39 Å². The first-order valence-electron chi connectivity index (χ1n) is 9.32. The fourth-order valence-corrected chi connectivity index (χ4v) is 3.87. The van der Waals surface area contributed by atoms with Crippen molar-refractivity contribution in [1.29, 1.82) is 0 Å². The van der Waals surface area contributed by atoms with E-state index >= 15 is 0 Å². The van der Waals surface area contributed by atoms with Crippen molar-refractivity contribution < 1.29 is 13.9 Å². The number of hydrogen-bond donors (Lipinski definition) is 1. The normalized spacial score (nSPS) is 11.0. The molecule has 30 heavy (non-hydrogen) atoms. The Labute approximate surface area is 187 Å². The molecule has 0 aliphatic carbocycles. The van der Waals surface area contributed by atoms with Crippen molar-refractivity contribution in [1.82, 2.24) is 14.8 Å². The molecule has 0 spiro atoms. The van der Waals surface area contributed by atoms with Crippen LogP contribution >= 0.6 is 27.7 Å². The molecule has 3 aromatic rings. The molecule has 0 atom stereocenters. The Bertz CT molecular complexity index is 1020. The average molecular weight is 493 g/mol. The number of carbonyl (C=O) groups excluding carboxylic acids is 1. The maximum Gasteiger partial charge on any atom is 0.234 e. The molecule has 0 unspecified atom stereocenters. The maximum atomic E-state index is 13.9. The molecule has 0 saturated heterocycles. The smallest absolute Gasteiger partial charge is 0.234 e. The standard InChI is InChI=1S/C21H22BrFN4O2S/c1-13(2)11-27-20(14-4-7-16(29-3)8-5-14)25-26-21(27)30-12-19(28)24-18-9-6-15(22)10-17(18)23/h4-10,13H,11-12H2,1-3H3,(H,24,28). The van der Waals surface area contributed by atoms with Gasteiger partial charge in [0, 0.05) is 16.6 Å². The van der Waals surface area contributed by atoms with Crippen molar-refractivity contribution in [2.45, 2.75) is 25.5 Å². The van der Waals surface area contributed by atoms with Gasteiger partial charge >= 0.3 is 0 Å². The van der Waals surface area contributed by atoms with E-state index in [2.05, 4.69) is 45.3 Å². The number of benzene rings is 2. The first-order chi connectivity index (χ1) is 14.4. The molecule has 1 heterocycles. The second-order valence-corrected chi connectivity index (χ2v) is 8.86. The van der Waals surface area contributed by atoms with E-state index in [1.54, 1.807) is 13.2 Å². The van der Waals surface area contributed by atoms with Crippen LogP contribution in [0.15, 0.2) is 52.1 Å². The number of halogens is 2. The summed E-state index contributed by atoms with van der Waals surface area (Å²) in [5.74, 6) is 1.14. The molecule has 1 aromatic heterocycles. The van der Waals surface area contributed by atoms with Crippen LogP contribution in [0.25, 0.3) is 11.4 Å². The Morgan fingerprint density at radius 1 is 1.23 bits per heavy atom. The lowest BCUT2D eigenvalue weighted by Gasteiger charge is -2.13. The Hall–Kier alpha value is -2.39. The fraction of sp³-hybridized carbons (Fsp3) is 0.286. The van der Waals surface area contributed by atoms with Crippen molar-refractivity contribution in [2.75, 3.05) is 18.2 Å². The molecule has 9 heteroatoms. The van der Waals surface area contributed by atoms with Gasteiger partial charge < -0.3 is 14.6 Å². The molecule has 0 fully saturated rings. The second kappa shape index (κ2) is 10.1. The number of nitrogens with zero attached hydrogens (tertiary/aromatic N) is 3. The zero-order valence-corrected chi connectivity index (χ0v) is 19.3. The molecule has 6 nitrogen and oxygen atoms in total. The average Bonchev–Trinajstić information content (AvgIpc) is 3.10. The van der Waals surface area contributed by atoms with Crippen LogP contribution in [0.2, 0.25) is 0 Å². The molecule has 0 saturated carbocycles. The number of methoxy groups -OCH3 is 1. The van der Waals surface area contributed by atoms with Crippen LogP contribution in [0.4, 0.5) is 10.1 Å². The Balaban J connectivity index is 1.74. The van der Waals surface area contributed by atoms with Crippen LogP contribution in [0, 0.1) is 11.7 Å². The SMILES string of the molecule is COc1ccc(-c2nnc(SCC(=O)Nc3ccc(Br)cc3F)n2CC(C)C)cc1. The van der Waals surface area contributed by atoms with Gasteiger partial charge in [0.25, 0.3) is 0 Å². The van der Waals surface area contributed by atoms with Crippen LogP contribution in [0.3, 0.4) is 0 Å². The van der Waals surface area contributed by atoms with Gasteiger partial charge in [0.15, 0.2) is 11.0 Å². The number of ether oxygens (including phenoxy) is 1. The van der Waals surface area contributed by atoms with Crippen molar-refractivity contribution in [3.05, 3.63) is 52.8 Å². The van der Waals surface area contributed by atoms with Gasteiger partial charge in [0.05, 0.1) is 18.6 Å². The number of thioether (sulfide) groups is 1. The van der Waals surface area contributed by atoms with Crippen LogP contribution in [-0.4, -0.2) is 33.5 Å². The Morgan fingerprint density at radius 2 is 1.97 bits per heavy atom. The highest BCUT2D eigenvalue weighted by Gasteiger charge is 2.17. The summed E-state index contributed by atoms with van der Waals surface area (Å²) in [4.78, 5) is 12.3. The van der Waals surface area contributed by atoms with Crippen LogP contribution < -0.4 is 10.1 Å². The van der Waals surface area contributed by atoms with Gasteiger partial charge in [-0.1, -0.05) is 41.5 Å². The number of carbonyl (C=O) groups is 1. The minimum absolute atomic E-state index is 0.0916. The topological polar surface area (TPSA) is 69.0 Å². The zero-order chi connectivity index (χ0) is 21.7. The quantitative estimate of drug-likeness (QED) is 0.435. The Kier molecular flexibility index (Phi) is 7.49. The van der Waals surface area contributed by atoms with Gasteiger partial charge in [-0.15, -0.1) is 10.2 Å². The van der Waals surface area contributed by atoms with E-state index in [1.165, 1.54) is 23.9 Å². The molecule has 0 aliphatic heterocycles. The summed E-state index contributed by atoms with van der Waals surface area (Å²) in [5.41, 5.74) is 1.06. The monoisotopic (exact) mass is 492 g/mol. The molecule has 0 radical (unpaired) electrons. The third-order valence-corrected chi connectivity index (χ3v) is 5.61. The molecule has 0 aliphatic rings. The molecule has 0 bridgehead atoms. The summed E-state index contributed by atoms with van der Waals surface area (Å²) in [5, 5.41) is 11.8. The number of aromatic nitrogens is 3. The number of hydrogen-bond acceptors (Lipinski definition) is 5. The van der Waals surface area contributed by atoms with Gasteiger partial charge in [-0.3, -0.25) is 4.79 Å². The third-order valence-electron chi connectivity index (χ3n) is 4.15. The van der Waals surface area contributed by atoms with E-state index in [1.807, 2.05) is 28.8 Å². The van der Waals surface area contributed by atoms with Crippen LogP contribution in [0.1, 0.15) is 13.8 Å². The number of anilines is 1. The highest BCUT2D eigenvalue weighted by Crippen LogP contribution is 2.27.